The SMILES string of the molecule is CCOC(=O)COc1ccc(Br)cc1C=NNC(=O)COc1ccccc1[C@@H]1NC(=S)NC(C)=C1C(=O)OCC. The van der Waals surface area contributed by atoms with Gasteiger partial charge in [0, 0.05) is 21.3 Å². The molecule has 0 bridgehead atoms. The summed E-state index contributed by atoms with van der Waals surface area (Å²) in [6.45, 7) is 5.01. The molecule has 2 aromatic rings. The fourth-order valence-corrected chi connectivity index (χ4v) is 4.35. The number of nitrogens with one attached hydrogen (secondary N) is 3. The van der Waals surface area contributed by atoms with Crippen LogP contribution >= 0.6 is 28.1 Å². The van der Waals surface area contributed by atoms with Crippen molar-refractivity contribution in [2.45, 2.75) is 26.8 Å². The standard InChI is InChI=1S/C27H29BrN4O7S/c1-4-36-23(34)15-39-20-11-10-18(28)12-17(20)13-29-32-22(33)14-38-21-9-7-6-8-19(21)25-24(26(35)37-5-2)16(3)30-27(40)31-25/h6-13,25H,4-5,14-15H2,1-3H3,(H,32,33)(H2,30,31,40)/t25-/m0/s1. The number of para-hydroxylation sites is 1. The number of hydrogen-bond acceptors (Lipinski definition) is 9. The molecule has 1 aliphatic rings. The maximum Gasteiger partial charge on any atom is 0.344 e. The van der Waals surface area contributed by atoms with Crippen LogP contribution in [0.25, 0.3) is 0 Å². The van der Waals surface area contributed by atoms with Crippen molar-refractivity contribution in [2.75, 3.05) is 26.4 Å². The number of amides is 1. The third-order valence-electron chi connectivity index (χ3n) is 5.37. The highest BCUT2D eigenvalue weighted by molar-refractivity contribution is 9.10. The van der Waals surface area contributed by atoms with E-state index in [1.807, 2.05) is 0 Å². The molecule has 40 heavy (non-hydrogen) atoms. The van der Waals surface area contributed by atoms with Crippen LogP contribution in [-0.4, -0.2) is 55.6 Å². The molecule has 1 amide bonds. The second-order valence-corrected chi connectivity index (χ2v) is 9.51. The van der Waals surface area contributed by atoms with E-state index in [4.69, 9.17) is 31.2 Å². The quantitative estimate of drug-likeness (QED) is 0.138. The first-order valence-corrected chi connectivity index (χ1v) is 13.5. The molecule has 0 saturated heterocycles. The van der Waals surface area contributed by atoms with Crippen molar-refractivity contribution in [3.63, 3.8) is 0 Å². The molecule has 3 N–H and O–H groups in total. The molecule has 0 radical (unpaired) electrons. The van der Waals surface area contributed by atoms with E-state index >= 15 is 0 Å². The lowest BCUT2D eigenvalue weighted by Gasteiger charge is -2.30. The lowest BCUT2D eigenvalue weighted by Crippen LogP contribution is -2.45. The van der Waals surface area contributed by atoms with Crippen molar-refractivity contribution in [3.05, 3.63) is 69.3 Å². The van der Waals surface area contributed by atoms with Gasteiger partial charge in [-0.25, -0.2) is 15.0 Å². The van der Waals surface area contributed by atoms with E-state index in [1.165, 1.54) is 6.21 Å². The molecule has 1 heterocycles. The van der Waals surface area contributed by atoms with Gasteiger partial charge in [-0.2, -0.15) is 5.10 Å². The van der Waals surface area contributed by atoms with E-state index < -0.39 is 23.9 Å². The molecule has 0 saturated carbocycles. The van der Waals surface area contributed by atoms with Crippen LogP contribution in [0.4, 0.5) is 0 Å². The molecule has 2 aromatic carbocycles. The largest absolute Gasteiger partial charge is 0.483 e. The lowest BCUT2D eigenvalue weighted by molar-refractivity contribution is -0.145. The number of hydrogen-bond donors (Lipinski definition) is 3. The fraction of sp³-hybridized carbons (Fsp3) is 0.296. The Morgan fingerprint density at radius 1 is 1.05 bits per heavy atom. The molecule has 11 nitrogen and oxygen atoms in total. The van der Waals surface area contributed by atoms with Gasteiger partial charge in [-0.1, -0.05) is 34.1 Å². The number of halogens is 1. The Morgan fingerprint density at radius 2 is 1.77 bits per heavy atom. The van der Waals surface area contributed by atoms with Gasteiger partial charge in [-0.15, -0.1) is 0 Å². The Morgan fingerprint density at radius 3 is 2.52 bits per heavy atom. The highest BCUT2D eigenvalue weighted by Crippen LogP contribution is 2.33. The maximum atomic E-state index is 12.7. The highest BCUT2D eigenvalue weighted by Gasteiger charge is 2.32. The van der Waals surface area contributed by atoms with E-state index in [9.17, 15) is 14.4 Å². The predicted molar refractivity (Wildman–Crippen MR) is 155 cm³/mol. The van der Waals surface area contributed by atoms with Gasteiger partial charge in [0.05, 0.1) is 31.0 Å². The minimum Gasteiger partial charge on any atom is -0.483 e. The first kappa shape index (κ1) is 30.6. The Labute approximate surface area is 245 Å². The van der Waals surface area contributed by atoms with Crippen molar-refractivity contribution in [2.24, 2.45) is 5.10 Å². The lowest BCUT2D eigenvalue weighted by atomic mass is 9.95. The minimum absolute atomic E-state index is 0.213. The predicted octanol–water partition coefficient (Wildman–Crippen LogP) is 3.28. The first-order valence-electron chi connectivity index (χ1n) is 12.3. The van der Waals surface area contributed by atoms with Gasteiger partial charge in [0.25, 0.3) is 5.91 Å². The van der Waals surface area contributed by atoms with Gasteiger partial charge in [0.2, 0.25) is 0 Å². The Kier molecular flexibility index (Phi) is 11.5. The summed E-state index contributed by atoms with van der Waals surface area (Å²) in [5.41, 5.74) is 4.44. The average molecular weight is 634 g/mol. The summed E-state index contributed by atoms with van der Waals surface area (Å²) in [6.07, 6.45) is 1.39. The fourth-order valence-electron chi connectivity index (χ4n) is 3.70. The number of esters is 2. The van der Waals surface area contributed by atoms with Crippen LogP contribution in [0.3, 0.4) is 0 Å². The van der Waals surface area contributed by atoms with Gasteiger partial charge in [-0.05, 0) is 57.3 Å². The number of benzene rings is 2. The highest BCUT2D eigenvalue weighted by atomic mass is 79.9. The van der Waals surface area contributed by atoms with Crippen LogP contribution in [0.15, 0.2) is 63.3 Å². The van der Waals surface area contributed by atoms with Gasteiger partial charge < -0.3 is 29.6 Å². The van der Waals surface area contributed by atoms with Crippen LogP contribution in [0.1, 0.15) is 37.9 Å². The summed E-state index contributed by atoms with van der Waals surface area (Å²) in [4.78, 5) is 36.8. The van der Waals surface area contributed by atoms with Crippen LogP contribution in [0.5, 0.6) is 11.5 Å². The number of nitrogens with zero attached hydrogens (tertiary/aromatic N) is 1. The van der Waals surface area contributed by atoms with Gasteiger partial charge >= 0.3 is 11.9 Å². The van der Waals surface area contributed by atoms with Crippen molar-refractivity contribution >= 4 is 57.3 Å². The van der Waals surface area contributed by atoms with E-state index in [2.05, 4.69) is 37.1 Å². The molecule has 0 spiro atoms. The summed E-state index contributed by atoms with van der Waals surface area (Å²) >= 11 is 8.67. The molecule has 3 rings (SSSR count). The van der Waals surface area contributed by atoms with Crippen molar-refractivity contribution in [3.8, 4) is 11.5 Å². The van der Waals surface area contributed by atoms with Crippen LogP contribution < -0.4 is 25.5 Å². The Hall–Kier alpha value is -3.97. The van der Waals surface area contributed by atoms with Crippen LogP contribution in [-0.2, 0) is 23.9 Å². The molecule has 1 aliphatic heterocycles. The Bertz CT molecular complexity index is 1330. The summed E-state index contributed by atoms with van der Waals surface area (Å²) in [5, 5.41) is 10.3. The minimum atomic E-state index is -0.644. The number of thiocarbonyl (C=S) groups is 1. The zero-order chi connectivity index (χ0) is 29.1. The van der Waals surface area contributed by atoms with Crippen molar-refractivity contribution in [1.29, 1.82) is 0 Å². The normalized spacial score (nSPS) is 14.7. The molecule has 0 aliphatic carbocycles. The number of hydrazone groups is 1. The smallest absolute Gasteiger partial charge is 0.344 e. The monoisotopic (exact) mass is 632 g/mol. The van der Waals surface area contributed by atoms with E-state index in [0.29, 0.717) is 39.0 Å². The van der Waals surface area contributed by atoms with E-state index in [0.717, 1.165) is 4.47 Å². The topological polar surface area (TPSA) is 137 Å². The summed E-state index contributed by atoms with van der Waals surface area (Å²) < 4.78 is 22.2. The number of carbonyl (C=O) groups is 3. The Balaban J connectivity index is 1.68. The second kappa shape index (κ2) is 15.0. The third kappa shape index (κ3) is 8.52. The zero-order valence-corrected chi connectivity index (χ0v) is 24.5. The number of carbonyl (C=O) groups excluding carboxylic acids is 3. The van der Waals surface area contributed by atoms with Gasteiger partial charge in [0.15, 0.2) is 18.3 Å². The molecule has 1 atom stereocenters. The van der Waals surface area contributed by atoms with Crippen LogP contribution in [0.2, 0.25) is 0 Å². The summed E-state index contributed by atoms with van der Waals surface area (Å²) in [6, 6.07) is 11.5. The number of ether oxygens (including phenoxy) is 4. The first-order chi connectivity index (χ1) is 19.2. The molecule has 212 valence electrons. The molecular weight excluding hydrogens is 604 g/mol. The number of allylic oxidation sites excluding steroid dienone is 1. The van der Waals surface area contributed by atoms with Gasteiger partial charge in [0.1, 0.15) is 11.5 Å². The van der Waals surface area contributed by atoms with E-state index in [-0.39, 0.29) is 26.4 Å². The average Bonchev–Trinajstić information content (AvgIpc) is 2.91. The van der Waals surface area contributed by atoms with E-state index in [1.54, 1.807) is 63.2 Å². The number of rotatable bonds is 12. The zero-order valence-electron chi connectivity index (χ0n) is 22.1. The summed E-state index contributed by atoms with van der Waals surface area (Å²) in [5.74, 6) is -0.762. The van der Waals surface area contributed by atoms with Crippen molar-refractivity contribution < 1.29 is 33.3 Å². The molecule has 0 unspecified atom stereocenters. The molecular formula is C27H29BrN4O7S. The van der Waals surface area contributed by atoms with Crippen LogP contribution in [0, 0.1) is 0 Å². The van der Waals surface area contributed by atoms with Gasteiger partial charge in [-0.3, -0.25) is 4.79 Å². The summed E-state index contributed by atoms with van der Waals surface area (Å²) in [7, 11) is 0. The molecule has 0 aromatic heterocycles. The second-order valence-electron chi connectivity index (χ2n) is 8.19. The van der Waals surface area contributed by atoms with Crippen molar-refractivity contribution in [1.82, 2.24) is 16.1 Å². The molecule has 13 heteroatoms. The maximum absolute atomic E-state index is 12.7. The molecule has 0 fully saturated rings. The third-order valence-corrected chi connectivity index (χ3v) is 6.08.